The largest absolute Gasteiger partial charge is 0.472 e. The topological polar surface area (TPSA) is 50.5 Å². The number of hydrogen-bond acceptors (Lipinski definition) is 4. The van der Waals surface area contributed by atoms with E-state index in [4.69, 9.17) is 4.42 Å². The molecule has 2 amide bonds. The number of amides is 2. The van der Waals surface area contributed by atoms with Gasteiger partial charge in [0.05, 0.1) is 17.4 Å². The lowest BCUT2D eigenvalue weighted by Crippen LogP contribution is -2.34. The fraction of sp³-hybridized carbons (Fsp3) is 0.467. The van der Waals surface area contributed by atoms with Crippen LogP contribution < -0.4 is 0 Å². The third kappa shape index (κ3) is 2.82. The molecule has 2 aliphatic rings. The molecule has 1 aromatic rings. The van der Waals surface area contributed by atoms with Crippen molar-refractivity contribution in [1.82, 2.24) is 4.90 Å². The first kappa shape index (κ1) is 13.5. The van der Waals surface area contributed by atoms with Crippen molar-refractivity contribution in [3.63, 3.8) is 0 Å². The molecule has 1 aromatic heterocycles. The molecule has 0 bridgehead atoms. The van der Waals surface area contributed by atoms with Gasteiger partial charge in [-0.15, -0.1) is 0 Å². The lowest BCUT2D eigenvalue weighted by Gasteiger charge is -2.25. The number of thioether (sulfide) groups is 1. The molecule has 4 nitrogen and oxygen atoms in total. The second-order valence-electron chi connectivity index (χ2n) is 5.35. The Morgan fingerprint density at radius 2 is 2.10 bits per heavy atom. The summed E-state index contributed by atoms with van der Waals surface area (Å²) in [5.41, 5.74) is 0.813. The molecule has 1 aliphatic carbocycles. The molecular weight excluding hydrogens is 274 g/mol. The van der Waals surface area contributed by atoms with Crippen LogP contribution in [0.25, 0.3) is 6.08 Å². The zero-order chi connectivity index (χ0) is 13.9. The fourth-order valence-corrected chi connectivity index (χ4v) is 3.64. The fourth-order valence-electron chi connectivity index (χ4n) is 2.79. The van der Waals surface area contributed by atoms with E-state index >= 15 is 0 Å². The highest BCUT2D eigenvalue weighted by Crippen LogP contribution is 2.34. The van der Waals surface area contributed by atoms with Gasteiger partial charge in [-0.2, -0.15) is 0 Å². The quantitative estimate of drug-likeness (QED) is 0.793. The van der Waals surface area contributed by atoms with E-state index in [2.05, 4.69) is 0 Å². The first-order chi connectivity index (χ1) is 9.74. The van der Waals surface area contributed by atoms with E-state index in [9.17, 15) is 9.59 Å². The summed E-state index contributed by atoms with van der Waals surface area (Å²) >= 11 is 1.03. The van der Waals surface area contributed by atoms with Crippen LogP contribution in [-0.4, -0.2) is 22.6 Å². The lowest BCUT2D eigenvalue weighted by atomic mass is 9.89. The minimum Gasteiger partial charge on any atom is -0.472 e. The molecular formula is C15H17NO3S. The van der Waals surface area contributed by atoms with Gasteiger partial charge in [-0.25, -0.2) is 0 Å². The van der Waals surface area contributed by atoms with Crippen LogP contribution in [0.4, 0.5) is 4.79 Å². The minimum absolute atomic E-state index is 0.143. The monoisotopic (exact) mass is 291 g/mol. The summed E-state index contributed by atoms with van der Waals surface area (Å²) in [6.07, 6.45) is 10.8. The van der Waals surface area contributed by atoms with Gasteiger partial charge in [0.1, 0.15) is 0 Å². The van der Waals surface area contributed by atoms with E-state index in [0.717, 1.165) is 30.2 Å². The molecule has 0 unspecified atom stereocenters. The van der Waals surface area contributed by atoms with E-state index < -0.39 is 0 Å². The van der Waals surface area contributed by atoms with Crippen LogP contribution in [0.1, 0.15) is 37.7 Å². The number of hydrogen-bond donors (Lipinski definition) is 0. The van der Waals surface area contributed by atoms with Crippen molar-refractivity contribution in [1.29, 1.82) is 0 Å². The third-order valence-electron chi connectivity index (χ3n) is 3.88. The maximum atomic E-state index is 12.3. The van der Waals surface area contributed by atoms with Crippen molar-refractivity contribution < 1.29 is 14.0 Å². The van der Waals surface area contributed by atoms with E-state index in [1.54, 1.807) is 24.7 Å². The molecule has 0 radical (unpaired) electrons. The van der Waals surface area contributed by atoms with Crippen molar-refractivity contribution in [3.8, 4) is 0 Å². The second-order valence-corrected chi connectivity index (χ2v) is 6.35. The maximum Gasteiger partial charge on any atom is 0.293 e. The van der Waals surface area contributed by atoms with E-state index in [1.165, 1.54) is 24.2 Å². The van der Waals surface area contributed by atoms with Crippen molar-refractivity contribution in [3.05, 3.63) is 29.1 Å². The lowest BCUT2D eigenvalue weighted by molar-refractivity contribution is -0.123. The number of imide groups is 1. The van der Waals surface area contributed by atoms with Gasteiger partial charge in [-0.05, 0) is 42.7 Å². The Bertz CT molecular complexity index is 529. The summed E-state index contributed by atoms with van der Waals surface area (Å²) in [6.45, 7) is 0.577. The molecule has 0 spiro atoms. The molecule has 106 valence electrons. The van der Waals surface area contributed by atoms with E-state index in [-0.39, 0.29) is 11.1 Å². The standard InChI is InChI=1S/C15H17NO3S/c17-14-13(8-12-6-7-19-10-12)20-15(18)16(14)9-11-4-2-1-3-5-11/h6-8,10-11H,1-5,9H2/b13-8+. The number of carbonyl (C=O) groups is 2. The molecule has 5 heteroatoms. The Morgan fingerprint density at radius 1 is 1.30 bits per heavy atom. The summed E-state index contributed by atoms with van der Waals surface area (Å²) in [6, 6.07) is 1.77. The molecule has 0 N–H and O–H groups in total. The average molecular weight is 291 g/mol. The highest BCUT2D eigenvalue weighted by atomic mass is 32.2. The second kappa shape index (κ2) is 5.87. The predicted molar refractivity (Wildman–Crippen MR) is 78.0 cm³/mol. The summed E-state index contributed by atoms with van der Waals surface area (Å²) in [7, 11) is 0. The van der Waals surface area contributed by atoms with Gasteiger partial charge in [0.2, 0.25) is 0 Å². The Balaban J connectivity index is 1.70. The number of rotatable bonds is 3. The van der Waals surface area contributed by atoms with Gasteiger partial charge < -0.3 is 4.42 Å². The number of nitrogens with zero attached hydrogens (tertiary/aromatic N) is 1. The van der Waals surface area contributed by atoms with Crippen LogP contribution in [0.15, 0.2) is 27.9 Å². The van der Waals surface area contributed by atoms with E-state index in [0.29, 0.717) is 17.4 Å². The van der Waals surface area contributed by atoms with Crippen LogP contribution in [-0.2, 0) is 4.79 Å². The summed E-state index contributed by atoms with van der Waals surface area (Å²) in [5, 5.41) is -0.143. The van der Waals surface area contributed by atoms with E-state index in [1.807, 2.05) is 0 Å². The Kier molecular flexibility index (Phi) is 3.96. The summed E-state index contributed by atoms with van der Waals surface area (Å²) in [4.78, 5) is 26.2. The zero-order valence-electron chi connectivity index (χ0n) is 11.2. The van der Waals surface area contributed by atoms with Crippen molar-refractivity contribution >= 4 is 29.0 Å². The van der Waals surface area contributed by atoms with Gasteiger partial charge >= 0.3 is 0 Å². The van der Waals surface area contributed by atoms with Gasteiger partial charge in [-0.3, -0.25) is 14.5 Å². The highest BCUT2D eigenvalue weighted by molar-refractivity contribution is 8.18. The molecule has 3 rings (SSSR count). The molecule has 1 saturated heterocycles. The molecule has 1 saturated carbocycles. The van der Waals surface area contributed by atoms with Crippen LogP contribution in [0, 0.1) is 5.92 Å². The first-order valence-electron chi connectivity index (χ1n) is 7.01. The number of furan rings is 1. The molecule has 0 aromatic carbocycles. The van der Waals surface area contributed by atoms with Gasteiger partial charge in [0.15, 0.2) is 0 Å². The highest BCUT2D eigenvalue weighted by Gasteiger charge is 2.36. The maximum absolute atomic E-state index is 12.3. The van der Waals surface area contributed by atoms with Crippen molar-refractivity contribution in [2.24, 2.45) is 5.92 Å². The number of carbonyl (C=O) groups excluding carboxylic acids is 2. The van der Waals surface area contributed by atoms with Crippen LogP contribution in [0.3, 0.4) is 0 Å². The van der Waals surface area contributed by atoms with Crippen LogP contribution in [0.2, 0.25) is 0 Å². The molecule has 2 fully saturated rings. The van der Waals surface area contributed by atoms with Gasteiger partial charge in [-0.1, -0.05) is 19.3 Å². The Morgan fingerprint density at radius 3 is 2.80 bits per heavy atom. The Labute approximate surface area is 122 Å². The average Bonchev–Trinajstić information content (AvgIpc) is 3.05. The molecule has 20 heavy (non-hydrogen) atoms. The molecule has 2 heterocycles. The molecule has 0 atom stereocenters. The Hall–Kier alpha value is -1.49. The summed E-state index contributed by atoms with van der Waals surface area (Å²) < 4.78 is 4.97. The van der Waals surface area contributed by atoms with Crippen LogP contribution >= 0.6 is 11.8 Å². The molecule has 1 aliphatic heterocycles. The van der Waals surface area contributed by atoms with Gasteiger partial charge in [0, 0.05) is 12.1 Å². The zero-order valence-corrected chi connectivity index (χ0v) is 12.0. The predicted octanol–water partition coefficient (Wildman–Crippen LogP) is 3.90. The van der Waals surface area contributed by atoms with Crippen LogP contribution in [0.5, 0.6) is 0 Å². The SMILES string of the molecule is O=C1S/C(=C/c2ccoc2)C(=O)N1CC1CCCCC1. The third-order valence-corrected chi connectivity index (χ3v) is 4.79. The first-order valence-corrected chi connectivity index (χ1v) is 7.83. The van der Waals surface area contributed by atoms with Gasteiger partial charge in [0.25, 0.3) is 11.1 Å². The normalized spacial score (nSPS) is 23.0. The minimum atomic E-state index is -0.160. The van der Waals surface area contributed by atoms with Crippen molar-refractivity contribution in [2.75, 3.05) is 6.54 Å². The van der Waals surface area contributed by atoms with Crippen molar-refractivity contribution in [2.45, 2.75) is 32.1 Å². The summed E-state index contributed by atoms with van der Waals surface area (Å²) in [5.74, 6) is 0.317. The smallest absolute Gasteiger partial charge is 0.293 e.